The van der Waals surface area contributed by atoms with Gasteiger partial charge in [-0.05, 0) is 67.7 Å². The Balaban J connectivity index is 1.63. The third-order valence-electron chi connectivity index (χ3n) is 6.65. The lowest BCUT2D eigenvalue weighted by molar-refractivity contribution is 0.0225. The predicted octanol–water partition coefficient (Wildman–Crippen LogP) is 8.33. The summed E-state index contributed by atoms with van der Waals surface area (Å²) in [5.41, 5.74) is 0.517. The molecule has 0 amide bonds. The van der Waals surface area contributed by atoms with Gasteiger partial charge in [0.25, 0.3) is 0 Å². The van der Waals surface area contributed by atoms with Gasteiger partial charge in [-0.15, -0.1) is 0 Å². The average Bonchev–Trinajstić information content (AvgIpc) is 3.16. The van der Waals surface area contributed by atoms with Crippen molar-refractivity contribution in [1.82, 2.24) is 0 Å². The van der Waals surface area contributed by atoms with E-state index in [9.17, 15) is 8.78 Å². The maximum Gasteiger partial charge on any atom is 0.170 e. The number of hydrogen-bond donors (Lipinski definition) is 0. The van der Waals surface area contributed by atoms with Crippen LogP contribution in [0.4, 0.5) is 17.6 Å². The molecule has 0 radical (unpaired) electrons. The molecule has 1 saturated carbocycles. The summed E-state index contributed by atoms with van der Waals surface area (Å²) in [5, 5.41) is -0.655. The number of halogens is 4. The Morgan fingerprint density at radius 1 is 0.812 bits per heavy atom. The van der Waals surface area contributed by atoms with Crippen LogP contribution in [0.1, 0.15) is 82.3 Å². The largest absolute Gasteiger partial charge is 0.456 e. The van der Waals surface area contributed by atoms with Crippen molar-refractivity contribution in [2.24, 2.45) is 0 Å². The highest BCUT2D eigenvalue weighted by molar-refractivity contribution is 6.06. The van der Waals surface area contributed by atoms with E-state index in [2.05, 4.69) is 6.92 Å². The predicted molar refractivity (Wildman–Crippen MR) is 118 cm³/mol. The summed E-state index contributed by atoms with van der Waals surface area (Å²) >= 11 is 0. The Hall–Kier alpha value is -2.08. The molecule has 1 aliphatic carbocycles. The first-order chi connectivity index (χ1) is 15.5. The molecule has 2 nitrogen and oxygen atoms in total. The highest BCUT2D eigenvalue weighted by Crippen LogP contribution is 2.41. The van der Waals surface area contributed by atoms with E-state index < -0.39 is 23.3 Å². The molecule has 0 bridgehead atoms. The number of hydrogen-bond acceptors (Lipinski definition) is 2. The number of rotatable bonds is 8. The summed E-state index contributed by atoms with van der Waals surface area (Å²) in [6.07, 6.45) is 7.38. The molecule has 0 atom stereocenters. The lowest BCUT2D eigenvalue weighted by Gasteiger charge is -2.29. The summed E-state index contributed by atoms with van der Waals surface area (Å²) in [6.45, 7) is 4.73. The van der Waals surface area contributed by atoms with Crippen LogP contribution in [-0.2, 0) is 11.2 Å². The minimum Gasteiger partial charge on any atom is -0.456 e. The molecule has 0 saturated heterocycles. The SMILES string of the molecule is CCCCCOC1CCC(c2cc3oc4cc(CCC)c(F)c(F)c4c3c(F)c2F)CC1. The molecule has 0 aliphatic heterocycles. The highest BCUT2D eigenvalue weighted by atomic mass is 19.2. The standard InChI is InChI=1S/C26H30F4O2/c1-3-5-6-12-31-17-10-8-15(9-11-17)18-14-20-22(26(30)24(18)28)21-19(32-20)13-16(7-4-2)23(27)25(21)29/h13-15,17H,3-12H2,1-2H3. The van der Waals surface area contributed by atoms with Crippen LogP contribution in [0.25, 0.3) is 21.9 Å². The van der Waals surface area contributed by atoms with E-state index in [1.807, 2.05) is 6.92 Å². The lowest BCUT2D eigenvalue weighted by Crippen LogP contribution is -2.22. The fourth-order valence-corrected chi connectivity index (χ4v) is 4.91. The second-order valence-electron chi connectivity index (χ2n) is 8.91. The van der Waals surface area contributed by atoms with Gasteiger partial charge in [-0.1, -0.05) is 33.1 Å². The fraction of sp³-hybridized carbons (Fsp3) is 0.538. The topological polar surface area (TPSA) is 22.4 Å². The zero-order valence-corrected chi connectivity index (χ0v) is 18.7. The molecule has 0 N–H and O–H groups in total. The maximum absolute atomic E-state index is 15.1. The first-order valence-corrected chi connectivity index (χ1v) is 11.8. The molecular weight excluding hydrogens is 420 g/mol. The van der Waals surface area contributed by atoms with E-state index in [1.54, 1.807) is 0 Å². The molecule has 0 unspecified atom stereocenters. The minimum absolute atomic E-state index is 0.0435. The van der Waals surface area contributed by atoms with Crippen molar-refractivity contribution < 1.29 is 26.7 Å². The summed E-state index contributed by atoms with van der Waals surface area (Å²) in [5.74, 6) is -4.53. The Morgan fingerprint density at radius 3 is 2.12 bits per heavy atom. The van der Waals surface area contributed by atoms with Gasteiger partial charge in [0.15, 0.2) is 23.3 Å². The molecule has 3 aromatic rings. The van der Waals surface area contributed by atoms with Crippen LogP contribution in [0, 0.1) is 23.3 Å². The van der Waals surface area contributed by atoms with Gasteiger partial charge in [0, 0.05) is 6.61 Å². The number of unbranched alkanes of at least 4 members (excludes halogenated alkanes) is 2. The summed E-state index contributed by atoms with van der Waals surface area (Å²) < 4.78 is 71.0. The molecule has 1 aliphatic rings. The minimum atomic E-state index is -1.18. The van der Waals surface area contributed by atoms with Crippen LogP contribution in [0.3, 0.4) is 0 Å². The van der Waals surface area contributed by atoms with E-state index in [0.717, 1.165) is 38.7 Å². The molecule has 32 heavy (non-hydrogen) atoms. The van der Waals surface area contributed by atoms with E-state index in [4.69, 9.17) is 9.15 Å². The van der Waals surface area contributed by atoms with Gasteiger partial charge >= 0.3 is 0 Å². The monoisotopic (exact) mass is 450 g/mol. The number of benzene rings is 2. The first kappa shape index (κ1) is 23.1. The Bertz CT molecular complexity index is 1100. The van der Waals surface area contributed by atoms with E-state index in [-0.39, 0.29) is 45.1 Å². The van der Waals surface area contributed by atoms with E-state index in [0.29, 0.717) is 25.7 Å². The van der Waals surface area contributed by atoms with E-state index in [1.165, 1.54) is 12.1 Å². The first-order valence-electron chi connectivity index (χ1n) is 11.8. The average molecular weight is 451 g/mol. The molecule has 174 valence electrons. The zero-order valence-electron chi connectivity index (χ0n) is 18.7. The Labute approximate surface area is 185 Å². The molecular formula is C26H30F4O2. The van der Waals surface area contributed by atoms with E-state index >= 15 is 8.78 Å². The smallest absolute Gasteiger partial charge is 0.170 e. The van der Waals surface area contributed by atoms with Crippen molar-refractivity contribution >= 4 is 21.9 Å². The van der Waals surface area contributed by atoms with Gasteiger partial charge in [0.05, 0.1) is 16.9 Å². The Morgan fingerprint density at radius 2 is 1.47 bits per heavy atom. The molecule has 2 aromatic carbocycles. The van der Waals surface area contributed by atoms with Gasteiger partial charge in [-0.3, -0.25) is 0 Å². The molecule has 1 heterocycles. The number of furan rings is 1. The Kier molecular flexibility index (Phi) is 7.08. The van der Waals surface area contributed by atoms with Crippen LogP contribution >= 0.6 is 0 Å². The number of aryl methyl sites for hydroxylation is 1. The van der Waals surface area contributed by atoms with Crippen molar-refractivity contribution in [3.63, 3.8) is 0 Å². The normalized spacial score (nSPS) is 19.3. The van der Waals surface area contributed by atoms with Crippen LogP contribution in [0.15, 0.2) is 16.5 Å². The van der Waals surface area contributed by atoms with Gasteiger partial charge in [0.1, 0.15) is 11.2 Å². The molecule has 0 spiro atoms. The molecule has 1 fully saturated rings. The van der Waals surface area contributed by atoms with Gasteiger partial charge in [-0.25, -0.2) is 17.6 Å². The number of fused-ring (bicyclic) bond motifs is 3. The molecule has 1 aromatic heterocycles. The van der Waals surface area contributed by atoms with Crippen molar-refractivity contribution in [2.45, 2.75) is 83.7 Å². The second kappa shape index (κ2) is 9.82. The van der Waals surface area contributed by atoms with Crippen molar-refractivity contribution in [3.8, 4) is 0 Å². The van der Waals surface area contributed by atoms with Crippen LogP contribution < -0.4 is 0 Å². The summed E-state index contributed by atoms with van der Waals surface area (Å²) in [4.78, 5) is 0. The third-order valence-corrected chi connectivity index (χ3v) is 6.65. The maximum atomic E-state index is 15.1. The molecule has 4 rings (SSSR count). The van der Waals surface area contributed by atoms with Crippen molar-refractivity contribution in [1.29, 1.82) is 0 Å². The summed E-state index contributed by atoms with van der Waals surface area (Å²) in [7, 11) is 0. The highest BCUT2D eigenvalue weighted by Gasteiger charge is 2.29. The van der Waals surface area contributed by atoms with Crippen LogP contribution in [-0.4, -0.2) is 12.7 Å². The zero-order chi connectivity index (χ0) is 22.8. The van der Waals surface area contributed by atoms with Gasteiger partial charge < -0.3 is 9.15 Å². The fourth-order valence-electron chi connectivity index (χ4n) is 4.91. The molecule has 6 heteroatoms. The third kappa shape index (κ3) is 4.26. The summed E-state index contributed by atoms with van der Waals surface area (Å²) in [6, 6.07) is 2.87. The second-order valence-corrected chi connectivity index (χ2v) is 8.91. The van der Waals surface area contributed by atoms with Crippen LogP contribution in [0.5, 0.6) is 0 Å². The van der Waals surface area contributed by atoms with Gasteiger partial charge in [0.2, 0.25) is 0 Å². The van der Waals surface area contributed by atoms with Crippen molar-refractivity contribution in [2.75, 3.05) is 6.61 Å². The van der Waals surface area contributed by atoms with Crippen LogP contribution in [0.2, 0.25) is 0 Å². The van der Waals surface area contributed by atoms with Gasteiger partial charge in [-0.2, -0.15) is 0 Å². The quantitative estimate of drug-likeness (QED) is 0.254. The van der Waals surface area contributed by atoms with Crippen molar-refractivity contribution in [3.05, 3.63) is 46.5 Å². The number of ether oxygens (including phenoxy) is 1. The lowest BCUT2D eigenvalue weighted by atomic mass is 9.82.